The quantitative estimate of drug-likeness (QED) is 0.132. The van der Waals surface area contributed by atoms with Crippen LogP contribution in [0.3, 0.4) is 0 Å². The third-order valence-electron chi connectivity index (χ3n) is 11.1. The molecule has 308 valence electrons. The Balaban J connectivity index is 1.23. The molecule has 3 amide bonds. The lowest BCUT2D eigenvalue weighted by molar-refractivity contribution is -0.141. The van der Waals surface area contributed by atoms with E-state index in [-0.39, 0.29) is 30.7 Å². The number of carbonyl (C=O) groups excluding carboxylic acids is 3. The smallest absolute Gasteiger partial charge is 0.259 e. The zero-order valence-electron chi connectivity index (χ0n) is 34.0. The average Bonchev–Trinajstić information content (AvgIpc) is 4.06. The Bertz CT molecular complexity index is 2350. The molecule has 3 heterocycles. The van der Waals surface area contributed by atoms with Gasteiger partial charge >= 0.3 is 0 Å². The van der Waals surface area contributed by atoms with Gasteiger partial charge in [0.05, 0.1) is 35.8 Å². The van der Waals surface area contributed by atoms with Crippen LogP contribution >= 0.6 is 11.3 Å². The summed E-state index contributed by atoms with van der Waals surface area (Å²) < 4.78 is 40.2. The number of anilines is 1. The number of nitrogens with one attached hydrogen (secondary N) is 3. The van der Waals surface area contributed by atoms with Crippen LogP contribution in [0, 0.1) is 11.3 Å². The van der Waals surface area contributed by atoms with E-state index in [4.69, 9.17) is 19.4 Å². The second kappa shape index (κ2) is 15.3. The molecule has 3 aliphatic rings. The Morgan fingerprint density at radius 2 is 1.76 bits per heavy atom. The van der Waals surface area contributed by atoms with Crippen molar-refractivity contribution < 1.29 is 32.3 Å². The number of rotatable bonds is 13. The minimum atomic E-state index is -3.89. The summed E-state index contributed by atoms with van der Waals surface area (Å²) in [7, 11) is -2.30. The molecule has 3 fully saturated rings. The van der Waals surface area contributed by atoms with Crippen molar-refractivity contribution in [2.75, 3.05) is 19.0 Å². The van der Waals surface area contributed by atoms with Crippen molar-refractivity contribution in [3.05, 3.63) is 78.3 Å². The average molecular weight is 829 g/mol. The number of pyridine rings is 1. The monoisotopic (exact) mass is 828 g/mol. The van der Waals surface area contributed by atoms with Gasteiger partial charge in [0, 0.05) is 46.2 Å². The Hall–Kier alpha value is -5.02. The molecule has 1 aliphatic heterocycles. The minimum Gasteiger partial charge on any atom is -0.497 e. The van der Waals surface area contributed by atoms with E-state index in [0.29, 0.717) is 40.7 Å². The molecule has 4 aromatic rings. The van der Waals surface area contributed by atoms with Crippen LogP contribution in [-0.2, 0) is 29.8 Å². The zero-order chi connectivity index (χ0) is 41.8. The van der Waals surface area contributed by atoms with Crippen LogP contribution in [0.25, 0.3) is 22.2 Å². The minimum absolute atomic E-state index is 0.0527. The van der Waals surface area contributed by atoms with Crippen LogP contribution in [-0.4, -0.2) is 83.6 Å². The summed E-state index contributed by atoms with van der Waals surface area (Å²) in [5, 5.41) is 8.93. The number of methoxy groups -OCH3 is 1. The molecule has 3 N–H and O–H groups in total. The number of hydrogen-bond donors (Lipinski definition) is 3. The molecule has 15 heteroatoms. The first-order valence-corrected chi connectivity index (χ1v) is 22.0. The van der Waals surface area contributed by atoms with Gasteiger partial charge in [0.25, 0.3) is 5.91 Å². The summed E-state index contributed by atoms with van der Waals surface area (Å²) in [5.74, 6) is -1.09. The van der Waals surface area contributed by atoms with Crippen LogP contribution in [0.1, 0.15) is 72.9 Å². The highest BCUT2D eigenvalue weighted by atomic mass is 32.2. The van der Waals surface area contributed by atoms with Gasteiger partial charge in [0.1, 0.15) is 35.2 Å². The van der Waals surface area contributed by atoms with Crippen LogP contribution in [0.15, 0.2) is 72.6 Å². The fourth-order valence-corrected chi connectivity index (χ4v) is 9.68. The number of hydrogen-bond acceptors (Lipinski definition) is 11. The van der Waals surface area contributed by atoms with Crippen molar-refractivity contribution in [2.45, 2.75) is 102 Å². The highest BCUT2D eigenvalue weighted by molar-refractivity contribution is 7.91. The number of benzene rings is 2. The fourth-order valence-electron chi connectivity index (χ4n) is 7.35. The van der Waals surface area contributed by atoms with E-state index < -0.39 is 62.1 Å². The summed E-state index contributed by atoms with van der Waals surface area (Å²) in [6.45, 7) is 15.9. The first kappa shape index (κ1) is 41.2. The molecule has 0 spiro atoms. The van der Waals surface area contributed by atoms with E-state index in [1.807, 2.05) is 80.7 Å². The first-order chi connectivity index (χ1) is 27.3. The molecule has 0 bridgehead atoms. The predicted molar refractivity (Wildman–Crippen MR) is 225 cm³/mol. The van der Waals surface area contributed by atoms with E-state index in [0.717, 1.165) is 16.6 Å². The normalized spacial score (nSPS) is 22.5. The zero-order valence-corrected chi connectivity index (χ0v) is 35.6. The maximum absolute atomic E-state index is 14.9. The first-order valence-electron chi connectivity index (χ1n) is 19.6. The number of thiazole rings is 1. The molecule has 5 atom stereocenters. The standard InChI is InChI=1S/C43H52N6O7S2/c1-9-26-22-43(26,39(52)48-58(53,54)29-16-17-29)47-37(50)33-20-28(23-49(33)38(51)36(42(5,6)7)46-40-45-35(24-57-40)41(2,3)4)56-34-21-31(25-13-11-10-12-14-25)44-32-19-27(55-8)15-18-30(32)34/h9-15,18-19,21,24,26,28-29,33,36H,1,16-17,20,22-23H2,2-8H3,(H,45,46)(H,47,50)(H,48,52)/t26-,28?,33?,36-,43-/m1/s1. The van der Waals surface area contributed by atoms with Crippen molar-refractivity contribution >= 4 is 55.1 Å². The van der Waals surface area contributed by atoms with Gasteiger partial charge < -0.3 is 25.0 Å². The second-order valence-electron chi connectivity index (χ2n) is 17.7. The summed E-state index contributed by atoms with van der Waals surface area (Å²) >= 11 is 1.41. The van der Waals surface area contributed by atoms with E-state index in [1.54, 1.807) is 13.2 Å². The van der Waals surface area contributed by atoms with Gasteiger partial charge in [-0.2, -0.15) is 0 Å². The van der Waals surface area contributed by atoms with Crippen molar-refractivity contribution in [1.29, 1.82) is 0 Å². The number of ether oxygens (including phenoxy) is 2. The highest BCUT2D eigenvalue weighted by Crippen LogP contribution is 2.46. The van der Waals surface area contributed by atoms with Crippen LogP contribution in [0.2, 0.25) is 0 Å². The van der Waals surface area contributed by atoms with Gasteiger partial charge in [0.15, 0.2) is 5.13 Å². The Morgan fingerprint density at radius 3 is 2.36 bits per heavy atom. The number of likely N-dealkylation sites (tertiary alicyclic amines) is 1. The van der Waals surface area contributed by atoms with Crippen molar-refractivity contribution in [3.63, 3.8) is 0 Å². The van der Waals surface area contributed by atoms with Crippen molar-refractivity contribution in [3.8, 4) is 22.8 Å². The SMILES string of the molecule is C=C[C@@H]1C[C@]1(NC(=O)C1CC(Oc2cc(-c3ccccc3)nc3cc(OC)ccc23)CN1C(=O)[C@@H](Nc1nc(C(C)(C)C)cs1)C(C)(C)C)C(=O)NS(=O)(=O)C1CC1. The lowest BCUT2D eigenvalue weighted by Gasteiger charge is -2.35. The van der Waals surface area contributed by atoms with Crippen molar-refractivity contribution in [1.82, 2.24) is 24.9 Å². The Kier molecular flexibility index (Phi) is 10.9. The number of fused-ring (bicyclic) bond motifs is 1. The summed E-state index contributed by atoms with van der Waals surface area (Å²) in [4.78, 5) is 54.4. The molecule has 2 unspecified atom stereocenters. The second-order valence-corrected chi connectivity index (χ2v) is 20.5. The van der Waals surface area contributed by atoms with Gasteiger partial charge in [0.2, 0.25) is 21.8 Å². The Morgan fingerprint density at radius 1 is 1.03 bits per heavy atom. The molecular formula is C43H52N6O7S2. The molecule has 2 aromatic heterocycles. The van der Waals surface area contributed by atoms with E-state index in [1.165, 1.54) is 16.2 Å². The number of aromatic nitrogens is 2. The van der Waals surface area contributed by atoms with Crippen LogP contribution < -0.4 is 24.8 Å². The van der Waals surface area contributed by atoms with Gasteiger partial charge in [-0.1, -0.05) is 78.0 Å². The third-order valence-corrected chi connectivity index (χ3v) is 13.7. The summed E-state index contributed by atoms with van der Waals surface area (Å²) in [6.07, 6.45) is 2.11. The number of amides is 3. The van der Waals surface area contributed by atoms with Gasteiger partial charge in [-0.15, -0.1) is 17.9 Å². The lowest BCUT2D eigenvalue weighted by Crippen LogP contribution is -2.58. The van der Waals surface area contributed by atoms with Crippen LogP contribution in [0.4, 0.5) is 5.13 Å². The van der Waals surface area contributed by atoms with E-state index in [9.17, 15) is 22.8 Å². The van der Waals surface area contributed by atoms with E-state index in [2.05, 4.69) is 42.7 Å². The molecular weight excluding hydrogens is 777 g/mol. The molecule has 58 heavy (non-hydrogen) atoms. The Labute approximate surface area is 344 Å². The van der Waals surface area contributed by atoms with Crippen LogP contribution in [0.5, 0.6) is 11.5 Å². The lowest BCUT2D eigenvalue weighted by atomic mass is 9.85. The molecule has 1 saturated heterocycles. The van der Waals surface area contributed by atoms with Crippen molar-refractivity contribution in [2.24, 2.45) is 11.3 Å². The number of nitrogens with zero attached hydrogens (tertiary/aromatic N) is 3. The predicted octanol–water partition coefficient (Wildman–Crippen LogP) is 6.21. The molecule has 0 radical (unpaired) electrons. The van der Waals surface area contributed by atoms with Gasteiger partial charge in [-0.3, -0.25) is 19.1 Å². The highest BCUT2D eigenvalue weighted by Gasteiger charge is 2.62. The molecule has 2 aliphatic carbocycles. The maximum atomic E-state index is 14.9. The maximum Gasteiger partial charge on any atom is 0.259 e. The summed E-state index contributed by atoms with van der Waals surface area (Å²) in [5.41, 5.74) is 0.729. The largest absolute Gasteiger partial charge is 0.497 e. The molecule has 2 aromatic carbocycles. The van der Waals surface area contributed by atoms with E-state index >= 15 is 0 Å². The van der Waals surface area contributed by atoms with Gasteiger partial charge in [-0.25, -0.2) is 18.4 Å². The topological polar surface area (TPSA) is 169 Å². The summed E-state index contributed by atoms with van der Waals surface area (Å²) in [6, 6.07) is 15.2. The number of carbonyl (C=O) groups is 3. The van der Waals surface area contributed by atoms with Gasteiger partial charge in [-0.05, 0) is 36.8 Å². The molecule has 2 saturated carbocycles. The third kappa shape index (κ3) is 8.42. The molecule has 7 rings (SSSR count). The number of sulfonamides is 1. The fraction of sp³-hybridized carbons (Fsp3) is 0.465. The molecule has 13 nitrogen and oxygen atoms in total.